The first kappa shape index (κ1) is 20.0. The first-order chi connectivity index (χ1) is 13.7. The van der Waals surface area contributed by atoms with Crippen molar-refractivity contribution in [2.75, 3.05) is 46.4 Å². The van der Waals surface area contributed by atoms with E-state index in [-0.39, 0.29) is 6.61 Å². The molecule has 2 fully saturated rings. The molecule has 4 rings (SSSR count). The quantitative estimate of drug-likeness (QED) is 0.808. The SMILES string of the molecule is CN1CCC(N2CCN(Cc3nc(-c4ccccc4)cs3)CC2CCO)CC1. The molecule has 2 aromatic rings. The minimum atomic E-state index is 0.275. The fourth-order valence-electron chi connectivity index (χ4n) is 4.61. The molecule has 1 aromatic heterocycles. The lowest BCUT2D eigenvalue weighted by molar-refractivity contribution is 0.00599. The Morgan fingerprint density at radius 2 is 1.89 bits per heavy atom. The van der Waals surface area contributed by atoms with E-state index >= 15 is 0 Å². The smallest absolute Gasteiger partial charge is 0.107 e. The number of hydrogen-bond acceptors (Lipinski definition) is 6. The maximum absolute atomic E-state index is 9.62. The van der Waals surface area contributed by atoms with Gasteiger partial charge in [0, 0.05) is 49.3 Å². The summed E-state index contributed by atoms with van der Waals surface area (Å²) in [5.74, 6) is 0. The zero-order chi connectivity index (χ0) is 19.3. The molecule has 152 valence electrons. The average molecular weight is 401 g/mol. The summed E-state index contributed by atoms with van der Waals surface area (Å²) >= 11 is 1.76. The standard InChI is InChI=1S/C22H32N4OS/c1-24-10-7-19(8-11-24)26-13-12-25(15-20(26)9-14-27)16-22-23-21(17-28-22)18-5-3-2-4-6-18/h2-6,17,19-20,27H,7-16H2,1H3. The van der Waals surface area contributed by atoms with Gasteiger partial charge < -0.3 is 10.0 Å². The zero-order valence-corrected chi connectivity index (χ0v) is 17.7. The Balaban J connectivity index is 1.37. The highest BCUT2D eigenvalue weighted by Gasteiger charge is 2.33. The fraction of sp³-hybridized carbons (Fsp3) is 0.591. The second-order valence-electron chi connectivity index (χ2n) is 8.17. The fourth-order valence-corrected chi connectivity index (χ4v) is 5.45. The molecule has 2 aliphatic rings. The number of benzene rings is 1. The topological polar surface area (TPSA) is 42.8 Å². The van der Waals surface area contributed by atoms with E-state index in [9.17, 15) is 5.11 Å². The number of likely N-dealkylation sites (tertiary alicyclic amines) is 1. The number of rotatable bonds is 6. The van der Waals surface area contributed by atoms with Crippen LogP contribution in [0, 0.1) is 0 Å². The maximum atomic E-state index is 9.62. The van der Waals surface area contributed by atoms with Crippen molar-refractivity contribution in [3.63, 3.8) is 0 Å². The zero-order valence-electron chi connectivity index (χ0n) is 16.8. The molecule has 28 heavy (non-hydrogen) atoms. The van der Waals surface area contributed by atoms with Gasteiger partial charge in [-0.1, -0.05) is 30.3 Å². The number of hydrogen-bond donors (Lipinski definition) is 1. The molecular weight excluding hydrogens is 368 g/mol. The lowest BCUT2D eigenvalue weighted by atomic mass is 9.98. The van der Waals surface area contributed by atoms with Gasteiger partial charge >= 0.3 is 0 Å². The lowest BCUT2D eigenvalue weighted by Gasteiger charge is -2.47. The highest BCUT2D eigenvalue weighted by molar-refractivity contribution is 7.09. The van der Waals surface area contributed by atoms with Crippen LogP contribution in [0.2, 0.25) is 0 Å². The summed E-state index contributed by atoms with van der Waals surface area (Å²) in [4.78, 5) is 12.5. The Morgan fingerprint density at radius 1 is 1.11 bits per heavy atom. The van der Waals surface area contributed by atoms with Crippen molar-refractivity contribution in [3.8, 4) is 11.3 Å². The van der Waals surface area contributed by atoms with Gasteiger partial charge in [0.1, 0.15) is 5.01 Å². The molecule has 0 aliphatic carbocycles. The van der Waals surface area contributed by atoms with E-state index in [1.807, 2.05) is 6.07 Å². The van der Waals surface area contributed by atoms with Crippen LogP contribution < -0.4 is 0 Å². The molecule has 2 aliphatic heterocycles. The third-order valence-corrected chi connectivity index (χ3v) is 7.05. The molecule has 1 aromatic carbocycles. The van der Waals surface area contributed by atoms with Gasteiger partial charge in [0.25, 0.3) is 0 Å². The Morgan fingerprint density at radius 3 is 2.64 bits per heavy atom. The predicted octanol–water partition coefficient (Wildman–Crippen LogP) is 2.77. The first-order valence-electron chi connectivity index (χ1n) is 10.5. The van der Waals surface area contributed by atoms with Crippen molar-refractivity contribution in [2.24, 2.45) is 0 Å². The largest absolute Gasteiger partial charge is 0.396 e. The lowest BCUT2D eigenvalue weighted by Crippen LogP contribution is -2.58. The van der Waals surface area contributed by atoms with Crippen LogP contribution in [-0.2, 0) is 6.54 Å². The Bertz CT molecular complexity index is 729. The second kappa shape index (κ2) is 9.46. The number of aliphatic hydroxyl groups is 1. The number of aromatic nitrogens is 1. The highest BCUT2D eigenvalue weighted by Crippen LogP contribution is 2.26. The predicted molar refractivity (Wildman–Crippen MR) is 116 cm³/mol. The molecule has 1 N–H and O–H groups in total. The number of piperazine rings is 1. The van der Waals surface area contributed by atoms with E-state index < -0.39 is 0 Å². The normalized spacial score (nSPS) is 23.3. The third-order valence-electron chi connectivity index (χ3n) is 6.21. The van der Waals surface area contributed by atoms with Crippen LogP contribution in [0.4, 0.5) is 0 Å². The Hall–Kier alpha value is -1.31. The van der Waals surface area contributed by atoms with Crippen LogP contribution >= 0.6 is 11.3 Å². The molecule has 5 nitrogen and oxygen atoms in total. The van der Waals surface area contributed by atoms with Gasteiger partial charge in [-0.25, -0.2) is 4.98 Å². The van der Waals surface area contributed by atoms with Crippen LogP contribution in [0.25, 0.3) is 11.3 Å². The van der Waals surface area contributed by atoms with Crippen LogP contribution in [-0.4, -0.2) is 83.3 Å². The van der Waals surface area contributed by atoms with E-state index in [0.29, 0.717) is 12.1 Å². The van der Waals surface area contributed by atoms with Crippen molar-refractivity contribution in [1.29, 1.82) is 0 Å². The van der Waals surface area contributed by atoms with Crippen molar-refractivity contribution in [3.05, 3.63) is 40.7 Å². The number of aliphatic hydroxyl groups excluding tert-OH is 1. The van der Waals surface area contributed by atoms with Crippen LogP contribution in [0.3, 0.4) is 0 Å². The van der Waals surface area contributed by atoms with Crippen LogP contribution in [0.1, 0.15) is 24.3 Å². The maximum Gasteiger partial charge on any atom is 0.107 e. The van der Waals surface area contributed by atoms with E-state index in [1.54, 1.807) is 11.3 Å². The van der Waals surface area contributed by atoms with Gasteiger partial charge in [0.2, 0.25) is 0 Å². The van der Waals surface area contributed by atoms with Gasteiger partial charge in [-0.05, 0) is 39.4 Å². The van der Waals surface area contributed by atoms with Gasteiger partial charge in [-0.2, -0.15) is 0 Å². The van der Waals surface area contributed by atoms with E-state index in [2.05, 4.69) is 51.4 Å². The summed E-state index contributed by atoms with van der Waals surface area (Å²) in [5.41, 5.74) is 2.27. The molecule has 1 unspecified atom stereocenters. The van der Waals surface area contributed by atoms with Crippen LogP contribution in [0.5, 0.6) is 0 Å². The summed E-state index contributed by atoms with van der Waals surface area (Å²) < 4.78 is 0. The molecule has 0 saturated carbocycles. The average Bonchev–Trinajstić information content (AvgIpc) is 3.19. The van der Waals surface area contributed by atoms with Crippen LogP contribution in [0.15, 0.2) is 35.7 Å². The minimum absolute atomic E-state index is 0.275. The Kier molecular flexibility index (Phi) is 6.75. The van der Waals surface area contributed by atoms with E-state index in [4.69, 9.17) is 4.98 Å². The van der Waals surface area contributed by atoms with E-state index in [0.717, 1.165) is 38.3 Å². The van der Waals surface area contributed by atoms with E-state index in [1.165, 1.54) is 36.5 Å². The number of piperidine rings is 1. The van der Waals surface area contributed by atoms with Gasteiger partial charge in [0.05, 0.1) is 12.2 Å². The summed E-state index contributed by atoms with van der Waals surface area (Å²) in [5, 5.41) is 13.0. The molecule has 2 saturated heterocycles. The second-order valence-corrected chi connectivity index (χ2v) is 9.11. The molecule has 1 atom stereocenters. The highest BCUT2D eigenvalue weighted by atomic mass is 32.1. The van der Waals surface area contributed by atoms with Crippen molar-refractivity contribution in [2.45, 2.75) is 37.9 Å². The minimum Gasteiger partial charge on any atom is -0.396 e. The van der Waals surface area contributed by atoms with Crippen molar-refractivity contribution < 1.29 is 5.11 Å². The molecule has 6 heteroatoms. The van der Waals surface area contributed by atoms with Gasteiger partial charge in [-0.15, -0.1) is 11.3 Å². The number of thiazole rings is 1. The molecule has 0 bridgehead atoms. The summed E-state index contributed by atoms with van der Waals surface area (Å²) in [6, 6.07) is 11.6. The summed E-state index contributed by atoms with van der Waals surface area (Å²) in [6.07, 6.45) is 3.38. The molecule has 3 heterocycles. The van der Waals surface area contributed by atoms with Gasteiger partial charge in [-0.3, -0.25) is 9.80 Å². The Labute approximate surface area is 172 Å². The first-order valence-corrected chi connectivity index (χ1v) is 11.4. The van der Waals surface area contributed by atoms with Gasteiger partial charge in [0.15, 0.2) is 0 Å². The molecule has 0 spiro atoms. The van der Waals surface area contributed by atoms with Crippen molar-refractivity contribution in [1.82, 2.24) is 19.7 Å². The molecule has 0 amide bonds. The summed E-state index contributed by atoms with van der Waals surface area (Å²) in [7, 11) is 2.22. The summed E-state index contributed by atoms with van der Waals surface area (Å²) in [6.45, 7) is 6.81. The third kappa shape index (κ3) is 4.81. The number of nitrogens with zero attached hydrogens (tertiary/aromatic N) is 4. The molecule has 0 radical (unpaired) electrons. The van der Waals surface area contributed by atoms with Crippen molar-refractivity contribution >= 4 is 11.3 Å². The molecular formula is C22H32N4OS. The monoisotopic (exact) mass is 400 g/mol.